The standard InChI is InChI=1S/C25H41NO8/c1-6-21(34-20(4)28)11-12-25(5,17-18(2)26-13-9-7-8-10-22(26)29)24(31)33-15-14-32-23(30)16-19(3)27/h18,21H,6-17H2,1-5H3. The lowest BCUT2D eigenvalue weighted by molar-refractivity contribution is -0.162. The van der Waals surface area contributed by atoms with Crippen molar-refractivity contribution in [1.82, 2.24) is 4.90 Å². The van der Waals surface area contributed by atoms with E-state index in [4.69, 9.17) is 14.2 Å². The number of carbonyl (C=O) groups is 5. The summed E-state index contributed by atoms with van der Waals surface area (Å²) >= 11 is 0. The fourth-order valence-corrected chi connectivity index (χ4v) is 4.30. The molecule has 194 valence electrons. The smallest absolute Gasteiger partial charge is 0.313 e. The molecule has 1 saturated heterocycles. The molecule has 0 aliphatic carbocycles. The number of amides is 1. The van der Waals surface area contributed by atoms with Crippen LogP contribution in [0.15, 0.2) is 0 Å². The molecule has 0 bridgehead atoms. The van der Waals surface area contributed by atoms with Crippen LogP contribution in [0.4, 0.5) is 0 Å². The summed E-state index contributed by atoms with van der Waals surface area (Å²) in [4.78, 5) is 61.5. The Bertz CT molecular complexity index is 722. The SMILES string of the molecule is CCC(CCC(C)(CC(C)N1CCCCCC1=O)C(=O)OCCOC(=O)CC(C)=O)OC(C)=O. The zero-order valence-electron chi connectivity index (χ0n) is 21.4. The lowest BCUT2D eigenvalue weighted by atomic mass is 9.78. The topological polar surface area (TPSA) is 116 Å². The summed E-state index contributed by atoms with van der Waals surface area (Å²) in [7, 11) is 0. The van der Waals surface area contributed by atoms with E-state index in [1.165, 1.54) is 13.8 Å². The summed E-state index contributed by atoms with van der Waals surface area (Å²) in [5, 5.41) is 0. The predicted molar refractivity (Wildman–Crippen MR) is 125 cm³/mol. The van der Waals surface area contributed by atoms with Gasteiger partial charge in [-0.15, -0.1) is 0 Å². The largest absolute Gasteiger partial charge is 0.463 e. The number of Topliss-reactive ketones (excluding diaryl/α,β-unsaturated/α-hetero) is 1. The van der Waals surface area contributed by atoms with Crippen LogP contribution in [0.3, 0.4) is 0 Å². The number of nitrogens with zero attached hydrogens (tertiary/aromatic N) is 1. The second-order valence-corrected chi connectivity index (χ2v) is 9.43. The van der Waals surface area contributed by atoms with Crippen molar-refractivity contribution < 1.29 is 38.2 Å². The third kappa shape index (κ3) is 10.7. The third-order valence-corrected chi connectivity index (χ3v) is 6.16. The number of rotatable bonds is 14. The van der Waals surface area contributed by atoms with E-state index >= 15 is 0 Å². The van der Waals surface area contributed by atoms with Crippen LogP contribution < -0.4 is 0 Å². The van der Waals surface area contributed by atoms with E-state index in [0.717, 1.165) is 19.3 Å². The van der Waals surface area contributed by atoms with Gasteiger partial charge in [0.1, 0.15) is 31.5 Å². The molecule has 34 heavy (non-hydrogen) atoms. The van der Waals surface area contributed by atoms with E-state index in [0.29, 0.717) is 38.6 Å². The van der Waals surface area contributed by atoms with Crippen LogP contribution in [0.25, 0.3) is 0 Å². The molecule has 0 saturated carbocycles. The molecule has 1 rings (SSSR count). The average molecular weight is 484 g/mol. The van der Waals surface area contributed by atoms with Crippen LogP contribution in [0, 0.1) is 5.41 Å². The molecule has 0 aromatic rings. The molecule has 1 aliphatic rings. The van der Waals surface area contributed by atoms with E-state index in [1.807, 2.05) is 18.7 Å². The molecular weight excluding hydrogens is 442 g/mol. The van der Waals surface area contributed by atoms with E-state index in [-0.39, 0.29) is 49.4 Å². The second-order valence-electron chi connectivity index (χ2n) is 9.43. The van der Waals surface area contributed by atoms with Crippen molar-refractivity contribution in [2.75, 3.05) is 19.8 Å². The molecule has 0 radical (unpaired) electrons. The van der Waals surface area contributed by atoms with Gasteiger partial charge in [0.15, 0.2) is 0 Å². The van der Waals surface area contributed by atoms with Crippen LogP contribution in [-0.4, -0.2) is 66.4 Å². The second kappa shape index (κ2) is 14.7. The number of ketones is 1. The molecule has 1 amide bonds. The first kappa shape index (κ1) is 29.6. The molecule has 1 aliphatic heterocycles. The first-order valence-electron chi connectivity index (χ1n) is 12.3. The number of likely N-dealkylation sites (tertiary alicyclic amines) is 1. The Morgan fingerprint density at radius 2 is 1.74 bits per heavy atom. The Morgan fingerprint density at radius 1 is 1.06 bits per heavy atom. The van der Waals surface area contributed by atoms with Crippen molar-refractivity contribution in [2.45, 2.75) is 105 Å². The molecule has 0 aromatic heterocycles. The molecule has 1 heterocycles. The quantitative estimate of drug-likeness (QED) is 0.160. The lowest BCUT2D eigenvalue weighted by Gasteiger charge is -2.36. The third-order valence-electron chi connectivity index (χ3n) is 6.16. The number of ether oxygens (including phenoxy) is 3. The van der Waals surface area contributed by atoms with Crippen LogP contribution in [0.2, 0.25) is 0 Å². The highest BCUT2D eigenvalue weighted by atomic mass is 16.6. The van der Waals surface area contributed by atoms with Crippen molar-refractivity contribution in [3.8, 4) is 0 Å². The van der Waals surface area contributed by atoms with E-state index < -0.39 is 17.4 Å². The lowest BCUT2D eigenvalue weighted by Crippen LogP contribution is -2.44. The fraction of sp³-hybridized carbons (Fsp3) is 0.800. The van der Waals surface area contributed by atoms with Gasteiger partial charge in [0.2, 0.25) is 5.91 Å². The van der Waals surface area contributed by atoms with E-state index in [2.05, 4.69) is 0 Å². The highest BCUT2D eigenvalue weighted by molar-refractivity contribution is 5.94. The zero-order valence-corrected chi connectivity index (χ0v) is 21.4. The van der Waals surface area contributed by atoms with Crippen molar-refractivity contribution in [3.05, 3.63) is 0 Å². The van der Waals surface area contributed by atoms with Crippen molar-refractivity contribution in [3.63, 3.8) is 0 Å². The van der Waals surface area contributed by atoms with Gasteiger partial charge in [-0.3, -0.25) is 24.0 Å². The van der Waals surface area contributed by atoms with Gasteiger partial charge in [-0.2, -0.15) is 0 Å². The van der Waals surface area contributed by atoms with Crippen molar-refractivity contribution in [1.29, 1.82) is 0 Å². The Morgan fingerprint density at radius 3 is 2.35 bits per heavy atom. The zero-order chi connectivity index (χ0) is 25.7. The monoisotopic (exact) mass is 483 g/mol. The minimum atomic E-state index is -0.928. The minimum Gasteiger partial charge on any atom is -0.463 e. The molecule has 1 fully saturated rings. The van der Waals surface area contributed by atoms with Crippen molar-refractivity contribution in [2.24, 2.45) is 5.41 Å². The molecule has 9 heteroatoms. The highest BCUT2D eigenvalue weighted by Crippen LogP contribution is 2.34. The molecule has 3 atom stereocenters. The molecule has 0 N–H and O–H groups in total. The normalized spacial score (nSPS) is 17.7. The molecular formula is C25H41NO8. The van der Waals surface area contributed by atoms with Crippen molar-refractivity contribution >= 4 is 29.6 Å². The first-order chi connectivity index (χ1) is 16.0. The predicted octanol–water partition coefficient (Wildman–Crippen LogP) is 3.36. The first-order valence-corrected chi connectivity index (χ1v) is 12.3. The Balaban J connectivity index is 2.84. The van der Waals surface area contributed by atoms with Gasteiger partial charge in [-0.25, -0.2) is 0 Å². The highest BCUT2D eigenvalue weighted by Gasteiger charge is 2.39. The van der Waals surface area contributed by atoms with Crippen LogP contribution >= 0.6 is 0 Å². The van der Waals surface area contributed by atoms with Gasteiger partial charge in [0.05, 0.1) is 5.41 Å². The summed E-state index contributed by atoms with van der Waals surface area (Å²) in [5.41, 5.74) is -0.928. The number of hydrogen-bond acceptors (Lipinski definition) is 8. The maximum absolute atomic E-state index is 13.2. The molecule has 0 aromatic carbocycles. The molecule has 3 unspecified atom stereocenters. The average Bonchev–Trinajstić information content (AvgIpc) is 2.97. The fourth-order valence-electron chi connectivity index (χ4n) is 4.30. The summed E-state index contributed by atoms with van der Waals surface area (Å²) in [6, 6.07) is -0.162. The molecule has 0 spiro atoms. The Labute approximate surface area is 202 Å². The van der Waals surface area contributed by atoms with Gasteiger partial charge in [0.25, 0.3) is 0 Å². The Kier molecular flexibility index (Phi) is 12.8. The van der Waals surface area contributed by atoms with Crippen LogP contribution in [0.5, 0.6) is 0 Å². The Hall–Kier alpha value is -2.45. The van der Waals surface area contributed by atoms with Crippen LogP contribution in [0.1, 0.15) is 92.4 Å². The van der Waals surface area contributed by atoms with E-state index in [1.54, 1.807) is 6.92 Å². The summed E-state index contributed by atoms with van der Waals surface area (Å²) < 4.78 is 15.7. The van der Waals surface area contributed by atoms with E-state index in [9.17, 15) is 24.0 Å². The minimum absolute atomic E-state index is 0.101. The molecule has 9 nitrogen and oxygen atoms in total. The van der Waals surface area contributed by atoms with Gasteiger partial charge in [-0.1, -0.05) is 13.3 Å². The van der Waals surface area contributed by atoms with Crippen LogP contribution in [-0.2, 0) is 38.2 Å². The maximum Gasteiger partial charge on any atom is 0.313 e. The van der Waals surface area contributed by atoms with Gasteiger partial charge < -0.3 is 19.1 Å². The summed E-state index contributed by atoms with van der Waals surface area (Å²) in [5.74, 6) is -1.69. The van der Waals surface area contributed by atoms with Gasteiger partial charge in [0, 0.05) is 25.9 Å². The maximum atomic E-state index is 13.2. The number of hydrogen-bond donors (Lipinski definition) is 0. The van der Waals surface area contributed by atoms with Gasteiger partial charge >= 0.3 is 17.9 Å². The number of esters is 3. The summed E-state index contributed by atoms with van der Waals surface area (Å²) in [6.45, 7) is 8.71. The number of carbonyl (C=O) groups excluding carboxylic acids is 5. The summed E-state index contributed by atoms with van der Waals surface area (Å²) in [6.07, 6.45) is 4.63. The van der Waals surface area contributed by atoms with Gasteiger partial charge in [-0.05, 0) is 59.3 Å².